The molecule has 1 N–H and O–H groups in total. The molecule has 0 aliphatic heterocycles. The molecule has 0 aromatic carbocycles. The fraction of sp³-hybridized carbons (Fsp3) is 0.500. The zero-order valence-corrected chi connectivity index (χ0v) is 4.52. The molecule has 0 aliphatic carbocycles. The number of hydrogen-bond donors (Lipinski definition) is 1. The van der Waals surface area contributed by atoms with Gasteiger partial charge in [-0.05, 0) is 18.6 Å². The number of hydrogen-bond acceptors (Lipinski definition) is 1. The molecule has 0 rings (SSSR count). The van der Waals surface area contributed by atoms with Crippen molar-refractivity contribution in [1.29, 1.82) is 5.41 Å². The standard InChI is InChI=1S/C6H10N/c1-3-6(2)4-5-7/h1,3,5-7H,4H2,2H3/t6-/m0/s1. The molecule has 1 radical (unpaired) electrons. The van der Waals surface area contributed by atoms with Gasteiger partial charge in [-0.1, -0.05) is 19.6 Å². The van der Waals surface area contributed by atoms with Gasteiger partial charge in [0.1, 0.15) is 0 Å². The lowest BCUT2D eigenvalue weighted by molar-refractivity contribution is 0.776. The van der Waals surface area contributed by atoms with Crippen LogP contribution in [0.4, 0.5) is 0 Å². The summed E-state index contributed by atoms with van der Waals surface area (Å²) in [5.74, 6) is 0.359. The van der Waals surface area contributed by atoms with Crippen LogP contribution in [0.3, 0.4) is 0 Å². The molecule has 1 heteroatoms. The Morgan fingerprint density at radius 1 is 1.86 bits per heavy atom. The molecule has 0 amide bonds. The van der Waals surface area contributed by atoms with E-state index in [9.17, 15) is 0 Å². The maximum atomic E-state index is 6.64. The lowest BCUT2D eigenvalue weighted by Gasteiger charge is -1.94. The van der Waals surface area contributed by atoms with Crippen LogP contribution in [0, 0.1) is 17.9 Å². The Bertz CT molecular complexity index is 66.6. The fourth-order valence-electron chi connectivity index (χ4n) is 0.264. The van der Waals surface area contributed by atoms with Crippen LogP contribution in [0.25, 0.3) is 0 Å². The van der Waals surface area contributed by atoms with E-state index < -0.39 is 0 Å². The Balaban J connectivity index is 3.15. The minimum Gasteiger partial charge on any atom is -0.313 e. The second-order valence-corrected chi connectivity index (χ2v) is 1.61. The first-order valence-corrected chi connectivity index (χ1v) is 2.35. The first-order chi connectivity index (χ1) is 3.31. The average Bonchev–Trinajstić information content (AvgIpc) is 1.68. The van der Waals surface area contributed by atoms with Crippen LogP contribution in [0.5, 0.6) is 0 Å². The van der Waals surface area contributed by atoms with Gasteiger partial charge in [0.25, 0.3) is 0 Å². The molecule has 7 heavy (non-hydrogen) atoms. The lowest BCUT2D eigenvalue weighted by Crippen LogP contribution is -1.86. The molecule has 0 saturated heterocycles. The van der Waals surface area contributed by atoms with E-state index in [-0.39, 0.29) is 0 Å². The van der Waals surface area contributed by atoms with E-state index in [1.165, 1.54) is 6.21 Å². The van der Waals surface area contributed by atoms with Gasteiger partial charge in [0.05, 0.1) is 0 Å². The predicted octanol–water partition coefficient (Wildman–Crippen LogP) is 1.65. The quantitative estimate of drug-likeness (QED) is 0.516. The molecule has 0 aromatic rings. The first-order valence-electron chi connectivity index (χ1n) is 2.35. The van der Waals surface area contributed by atoms with Crippen LogP contribution in [0.1, 0.15) is 13.3 Å². The van der Waals surface area contributed by atoms with Gasteiger partial charge >= 0.3 is 0 Å². The highest BCUT2D eigenvalue weighted by molar-refractivity contribution is 5.53. The number of nitrogens with one attached hydrogen (secondary N) is 1. The normalized spacial score (nSPS) is 12.7. The van der Waals surface area contributed by atoms with E-state index in [1.54, 1.807) is 6.08 Å². The maximum Gasteiger partial charge on any atom is -0.00420 e. The second-order valence-electron chi connectivity index (χ2n) is 1.61. The molecule has 0 bridgehead atoms. The van der Waals surface area contributed by atoms with Gasteiger partial charge in [0.15, 0.2) is 0 Å². The summed E-state index contributed by atoms with van der Waals surface area (Å²) in [6, 6.07) is 0. The van der Waals surface area contributed by atoms with Gasteiger partial charge in [0, 0.05) is 0 Å². The molecule has 0 heterocycles. The van der Waals surface area contributed by atoms with Gasteiger partial charge in [-0.15, -0.1) is 0 Å². The smallest absolute Gasteiger partial charge is 0.00420 e. The van der Waals surface area contributed by atoms with Crippen molar-refractivity contribution in [2.24, 2.45) is 5.92 Å². The minimum absolute atomic E-state index is 0.359. The van der Waals surface area contributed by atoms with Gasteiger partial charge in [-0.25, -0.2) is 0 Å². The Labute approximate surface area is 44.6 Å². The largest absolute Gasteiger partial charge is 0.313 e. The molecule has 0 fully saturated rings. The SMILES string of the molecule is [CH]=C[C@H](C)CC=N. The zero-order valence-electron chi connectivity index (χ0n) is 4.52. The summed E-state index contributed by atoms with van der Waals surface area (Å²) in [6.45, 7) is 7.11. The van der Waals surface area contributed by atoms with E-state index in [0.717, 1.165) is 6.42 Å². The molecule has 0 saturated carbocycles. The number of rotatable bonds is 3. The monoisotopic (exact) mass is 96.1 g/mol. The second kappa shape index (κ2) is 3.59. The lowest BCUT2D eigenvalue weighted by atomic mass is 10.1. The van der Waals surface area contributed by atoms with E-state index in [2.05, 4.69) is 0 Å². The Hall–Kier alpha value is -0.590. The highest BCUT2D eigenvalue weighted by Crippen LogP contribution is 1.96. The summed E-state index contributed by atoms with van der Waals surface area (Å²) in [5, 5.41) is 6.64. The van der Waals surface area contributed by atoms with Crippen molar-refractivity contribution in [1.82, 2.24) is 0 Å². The molecule has 1 atom stereocenters. The van der Waals surface area contributed by atoms with Gasteiger partial charge in [-0.2, -0.15) is 0 Å². The third-order valence-electron chi connectivity index (χ3n) is 0.818. The summed E-state index contributed by atoms with van der Waals surface area (Å²) in [7, 11) is 0. The summed E-state index contributed by atoms with van der Waals surface area (Å²) < 4.78 is 0. The highest BCUT2D eigenvalue weighted by atomic mass is 14.3. The van der Waals surface area contributed by atoms with E-state index in [0.29, 0.717) is 5.92 Å². The summed E-state index contributed by atoms with van der Waals surface area (Å²) in [4.78, 5) is 0. The summed E-state index contributed by atoms with van der Waals surface area (Å²) in [5.41, 5.74) is 0. The summed E-state index contributed by atoms with van der Waals surface area (Å²) >= 11 is 0. The van der Waals surface area contributed by atoms with Crippen molar-refractivity contribution in [3.63, 3.8) is 0 Å². The van der Waals surface area contributed by atoms with Crippen molar-refractivity contribution in [2.75, 3.05) is 0 Å². The Morgan fingerprint density at radius 2 is 2.43 bits per heavy atom. The maximum absolute atomic E-state index is 6.64. The van der Waals surface area contributed by atoms with E-state index >= 15 is 0 Å². The molecular weight excluding hydrogens is 86.1 g/mol. The third-order valence-corrected chi connectivity index (χ3v) is 0.818. The molecule has 39 valence electrons. The van der Waals surface area contributed by atoms with Gasteiger partial charge < -0.3 is 5.41 Å². The van der Waals surface area contributed by atoms with Crippen LogP contribution in [-0.2, 0) is 0 Å². The zero-order chi connectivity index (χ0) is 5.70. The van der Waals surface area contributed by atoms with Gasteiger partial charge in [0.2, 0.25) is 0 Å². The minimum atomic E-state index is 0.359. The van der Waals surface area contributed by atoms with Crippen LogP contribution in [0.15, 0.2) is 6.08 Å². The molecule has 0 spiro atoms. The van der Waals surface area contributed by atoms with E-state index in [1.807, 2.05) is 6.92 Å². The van der Waals surface area contributed by atoms with Crippen molar-refractivity contribution >= 4 is 6.21 Å². The van der Waals surface area contributed by atoms with Crippen LogP contribution in [-0.4, -0.2) is 6.21 Å². The van der Waals surface area contributed by atoms with Crippen LogP contribution < -0.4 is 0 Å². The number of allylic oxidation sites excluding steroid dienone is 1. The molecule has 0 aromatic heterocycles. The van der Waals surface area contributed by atoms with Crippen molar-refractivity contribution in [3.8, 4) is 0 Å². The Morgan fingerprint density at radius 3 is 2.57 bits per heavy atom. The van der Waals surface area contributed by atoms with E-state index in [4.69, 9.17) is 12.0 Å². The average molecular weight is 96.2 g/mol. The van der Waals surface area contributed by atoms with Crippen molar-refractivity contribution < 1.29 is 0 Å². The molecule has 0 aliphatic rings. The molecular formula is C6H10N. The predicted molar refractivity (Wildman–Crippen MR) is 31.4 cm³/mol. The van der Waals surface area contributed by atoms with Crippen molar-refractivity contribution in [3.05, 3.63) is 12.7 Å². The topological polar surface area (TPSA) is 23.9 Å². The fourth-order valence-corrected chi connectivity index (χ4v) is 0.264. The van der Waals surface area contributed by atoms with Gasteiger partial charge in [-0.3, -0.25) is 0 Å². The molecule has 1 nitrogen and oxygen atoms in total. The third kappa shape index (κ3) is 3.23. The first kappa shape index (κ1) is 6.41. The Kier molecular flexibility index (Phi) is 3.29. The summed E-state index contributed by atoms with van der Waals surface area (Å²) in [6.07, 6.45) is 3.73. The van der Waals surface area contributed by atoms with Crippen molar-refractivity contribution in [2.45, 2.75) is 13.3 Å². The highest BCUT2D eigenvalue weighted by Gasteiger charge is 1.87. The molecule has 0 unspecified atom stereocenters. The van der Waals surface area contributed by atoms with Crippen LogP contribution >= 0.6 is 0 Å². The van der Waals surface area contributed by atoms with Crippen LogP contribution in [0.2, 0.25) is 0 Å².